The van der Waals surface area contributed by atoms with Gasteiger partial charge >= 0.3 is 0 Å². The highest BCUT2D eigenvalue weighted by atomic mass is 32.2. The first-order valence-corrected chi connectivity index (χ1v) is 10.4. The van der Waals surface area contributed by atoms with E-state index in [4.69, 9.17) is 0 Å². The fourth-order valence-electron chi connectivity index (χ4n) is 2.78. The van der Waals surface area contributed by atoms with Crippen LogP contribution in [-0.2, 0) is 10.0 Å². The van der Waals surface area contributed by atoms with Crippen molar-refractivity contribution in [1.82, 2.24) is 19.5 Å². The summed E-state index contributed by atoms with van der Waals surface area (Å²) in [4.78, 5) is 12.5. The second kappa shape index (κ2) is 7.91. The van der Waals surface area contributed by atoms with E-state index in [0.29, 0.717) is 23.0 Å². The molecule has 0 saturated carbocycles. The summed E-state index contributed by atoms with van der Waals surface area (Å²) in [5.41, 5.74) is 1.05. The number of hydrogen-bond donors (Lipinski definition) is 2. The van der Waals surface area contributed by atoms with Crippen molar-refractivity contribution in [3.63, 3.8) is 0 Å². The normalized spacial score (nSPS) is 11.3. The lowest BCUT2D eigenvalue weighted by molar-refractivity contribution is 0.595. The van der Waals surface area contributed by atoms with Crippen LogP contribution in [-0.4, -0.2) is 27.9 Å². The lowest BCUT2D eigenvalue weighted by Crippen LogP contribution is -2.13. The van der Waals surface area contributed by atoms with E-state index in [-0.39, 0.29) is 4.90 Å². The van der Waals surface area contributed by atoms with Crippen molar-refractivity contribution in [3.05, 3.63) is 85.0 Å². The molecule has 0 aliphatic carbocycles. The van der Waals surface area contributed by atoms with Gasteiger partial charge in [0.1, 0.15) is 29.6 Å². The molecule has 0 unspecified atom stereocenters. The summed E-state index contributed by atoms with van der Waals surface area (Å²) in [6, 6.07) is 13.2. The summed E-state index contributed by atoms with van der Waals surface area (Å²) >= 11 is 0. The molecular formula is C20H17FN6O2S. The van der Waals surface area contributed by atoms with E-state index >= 15 is 0 Å². The number of nitrogens with one attached hydrogen (secondary N) is 2. The molecule has 10 heteroatoms. The first-order valence-electron chi connectivity index (χ1n) is 8.88. The summed E-state index contributed by atoms with van der Waals surface area (Å²) in [7, 11) is -3.88. The minimum Gasteiger partial charge on any atom is -0.340 e. The number of anilines is 3. The molecule has 4 rings (SSSR count). The second-order valence-corrected chi connectivity index (χ2v) is 8.05. The van der Waals surface area contributed by atoms with Crippen LogP contribution in [0.1, 0.15) is 5.82 Å². The summed E-state index contributed by atoms with van der Waals surface area (Å²) in [6.45, 7) is 1.87. The third kappa shape index (κ3) is 4.28. The molecule has 2 N–H and O–H groups in total. The molecule has 0 fully saturated rings. The fraction of sp³-hybridized carbons (Fsp3) is 0.0500. The van der Waals surface area contributed by atoms with E-state index in [2.05, 4.69) is 25.0 Å². The minimum atomic E-state index is -3.88. The number of aromatic nitrogens is 4. The molecule has 0 radical (unpaired) electrons. The topological polar surface area (TPSA) is 102 Å². The van der Waals surface area contributed by atoms with Crippen LogP contribution in [0.3, 0.4) is 0 Å². The quantitative estimate of drug-likeness (QED) is 0.490. The van der Waals surface area contributed by atoms with Crippen molar-refractivity contribution in [3.8, 4) is 5.82 Å². The van der Waals surface area contributed by atoms with E-state index in [0.717, 1.165) is 11.9 Å². The first-order chi connectivity index (χ1) is 14.4. The van der Waals surface area contributed by atoms with Crippen molar-refractivity contribution in [2.24, 2.45) is 0 Å². The Hall–Kier alpha value is -3.79. The molecule has 0 aliphatic heterocycles. The summed E-state index contributed by atoms with van der Waals surface area (Å²) in [5, 5.41) is 3.14. The van der Waals surface area contributed by atoms with Gasteiger partial charge in [0.05, 0.1) is 4.90 Å². The van der Waals surface area contributed by atoms with Crippen molar-refractivity contribution >= 4 is 27.2 Å². The number of hydrogen-bond acceptors (Lipinski definition) is 6. The molecule has 0 amide bonds. The van der Waals surface area contributed by atoms with Crippen molar-refractivity contribution in [1.29, 1.82) is 0 Å². The molecule has 0 atom stereocenters. The number of aryl methyl sites for hydroxylation is 1. The molecule has 8 nitrogen and oxygen atoms in total. The zero-order chi connectivity index (χ0) is 21.1. The highest BCUT2D eigenvalue weighted by Gasteiger charge is 2.14. The number of halogens is 1. The molecule has 0 aliphatic rings. The average molecular weight is 424 g/mol. The highest BCUT2D eigenvalue weighted by Crippen LogP contribution is 2.21. The Morgan fingerprint density at radius 2 is 1.73 bits per heavy atom. The van der Waals surface area contributed by atoms with Crippen LogP contribution >= 0.6 is 0 Å². The molecular weight excluding hydrogens is 407 g/mol. The van der Waals surface area contributed by atoms with E-state index in [1.165, 1.54) is 24.5 Å². The Balaban J connectivity index is 1.49. The fourth-order valence-corrected chi connectivity index (χ4v) is 3.87. The Morgan fingerprint density at radius 3 is 2.43 bits per heavy atom. The number of nitrogens with zero attached hydrogens (tertiary/aromatic N) is 4. The largest absolute Gasteiger partial charge is 0.340 e. The van der Waals surface area contributed by atoms with E-state index in [9.17, 15) is 12.8 Å². The Bertz CT molecular complexity index is 1290. The molecule has 0 spiro atoms. The zero-order valence-electron chi connectivity index (χ0n) is 15.8. The van der Waals surface area contributed by atoms with Crippen LogP contribution in [0.25, 0.3) is 5.82 Å². The van der Waals surface area contributed by atoms with Gasteiger partial charge in [-0.2, -0.15) is 0 Å². The summed E-state index contributed by atoms with van der Waals surface area (Å²) < 4.78 is 42.4. The van der Waals surface area contributed by atoms with Crippen LogP contribution in [0, 0.1) is 12.7 Å². The van der Waals surface area contributed by atoms with E-state index < -0.39 is 15.8 Å². The van der Waals surface area contributed by atoms with Crippen molar-refractivity contribution in [2.75, 3.05) is 10.0 Å². The van der Waals surface area contributed by atoms with Crippen LogP contribution in [0.2, 0.25) is 0 Å². The van der Waals surface area contributed by atoms with Crippen molar-refractivity contribution < 1.29 is 12.8 Å². The number of rotatable bonds is 6. The molecule has 0 bridgehead atoms. The molecule has 2 aromatic heterocycles. The minimum absolute atomic E-state index is 0.145. The second-order valence-electron chi connectivity index (χ2n) is 6.37. The van der Waals surface area contributed by atoms with E-state index in [1.807, 2.05) is 11.5 Å². The van der Waals surface area contributed by atoms with Gasteiger partial charge in [0.2, 0.25) is 0 Å². The lowest BCUT2D eigenvalue weighted by Gasteiger charge is -2.11. The third-order valence-electron chi connectivity index (χ3n) is 4.24. The molecule has 2 heterocycles. The van der Waals surface area contributed by atoms with Gasteiger partial charge in [0.15, 0.2) is 0 Å². The Kier molecular flexibility index (Phi) is 5.15. The van der Waals surface area contributed by atoms with Gasteiger partial charge in [0.25, 0.3) is 10.0 Å². The summed E-state index contributed by atoms with van der Waals surface area (Å²) in [5.74, 6) is 1.42. The standard InChI is InChI=1S/C20H17FN6O2S/c1-14-22-9-10-27(14)20-12-19(23-13-24-20)25-16-5-7-17(8-6-16)26-30(28,29)18-4-2-3-15(21)11-18/h2-13,26H,1H3,(H,23,24,25). The third-order valence-corrected chi connectivity index (χ3v) is 5.62. The maximum Gasteiger partial charge on any atom is 0.261 e. The SMILES string of the molecule is Cc1nccn1-c1cc(Nc2ccc(NS(=O)(=O)c3cccc(F)c3)cc2)ncn1. The average Bonchev–Trinajstić information content (AvgIpc) is 3.15. The van der Waals surface area contributed by atoms with Gasteiger partial charge < -0.3 is 5.32 Å². The van der Waals surface area contributed by atoms with Crippen LogP contribution in [0.4, 0.5) is 21.6 Å². The van der Waals surface area contributed by atoms with Gasteiger partial charge in [-0.3, -0.25) is 9.29 Å². The maximum absolute atomic E-state index is 13.3. The van der Waals surface area contributed by atoms with Crippen LogP contribution in [0.15, 0.2) is 78.2 Å². The number of sulfonamides is 1. The van der Waals surface area contributed by atoms with Crippen molar-refractivity contribution in [2.45, 2.75) is 11.8 Å². The Labute approximate surface area is 172 Å². The summed E-state index contributed by atoms with van der Waals surface area (Å²) in [6.07, 6.45) is 4.94. The number of benzene rings is 2. The molecule has 2 aromatic carbocycles. The predicted molar refractivity (Wildman–Crippen MR) is 111 cm³/mol. The molecule has 0 saturated heterocycles. The maximum atomic E-state index is 13.3. The van der Waals surface area contributed by atoms with Gasteiger partial charge in [-0.15, -0.1) is 0 Å². The predicted octanol–water partition coefficient (Wildman–Crippen LogP) is 3.65. The van der Waals surface area contributed by atoms with Crippen LogP contribution < -0.4 is 10.0 Å². The van der Waals surface area contributed by atoms with Crippen LogP contribution in [0.5, 0.6) is 0 Å². The molecule has 30 heavy (non-hydrogen) atoms. The van der Waals surface area contributed by atoms with Gasteiger partial charge in [0, 0.05) is 29.8 Å². The van der Waals surface area contributed by atoms with Gasteiger partial charge in [-0.25, -0.2) is 27.8 Å². The first kappa shape index (κ1) is 19.5. The zero-order valence-corrected chi connectivity index (χ0v) is 16.6. The molecule has 152 valence electrons. The van der Waals surface area contributed by atoms with Gasteiger partial charge in [-0.05, 0) is 49.4 Å². The smallest absolute Gasteiger partial charge is 0.261 e. The van der Waals surface area contributed by atoms with Gasteiger partial charge in [-0.1, -0.05) is 6.07 Å². The number of imidazole rings is 1. The highest BCUT2D eigenvalue weighted by molar-refractivity contribution is 7.92. The van der Waals surface area contributed by atoms with E-state index in [1.54, 1.807) is 42.7 Å². The lowest BCUT2D eigenvalue weighted by atomic mass is 10.3. The Morgan fingerprint density at radius 1 is 0.967 bits per heavy atom. The monoisotopic (exact) mass is 424 g/mol. The molecule has 4 aromatic rings.